The molecule has 80 valence electrons. The first kappa shape index (κ1) is 10.6. The largest absolute Gasteiger partial charge is 0.357 e. The Labute approximate surface area is 94.6 Å². The van der Waals surface area contributed by atoms with Gasteiger partial charge in [0.25, 0.3) is 0 Å². The molecule has 0 unspecified atom stereocenters. The van der Waals surface area contributed by atoms with Crippen LogP contribution in [0.25, 0.3) is 10.2 Å². The van der Waals surface area contributed by atoms with Gasteiger partial charge in [-0.05, 0) is 30.4 Å². The van der Waals surface area contributed by atoms with Crippen molar-refractivity contribution in [1.29, 1.82) is 0 Å². The summed E-state index contributed by atoms with van der Waals surface area (Å²) in [6.45, 7) is 0. The number of rotatable bonds is 2. The van der Waals surface area contributed by atoms with Gasteiger partial charge in [-0.1, -0.05) is 0 Å². The minimum atomic E-state index is -4.23. The van der Waals surface area contributed by atoms with Gasteiger partial charge < -0.3 is 4.98 Å². The second-order valence-corrected chi connectivity index (χ2v) is 5.68. The van der Waals surface area contributed by atoms with Crippen LogP contribution in [0.1, 0.15) is 0 Å². The van der Waals surface area contributed by atoms with Crippen molar-refractivity contribution in [1.82, 2.24) is 4.98 Å². The Morgan fingerprint density at radius 3 is 2.87 bits per heavy atom. The number of fused-ring (bicyclic) bond motifs is 1. The fourth-order valence-corrected chi connectivity index (χ4v) is 2.69. The molecule has 15 heavy (non-hydrogen) atoms. The van der Waals surface area contributed by atoms with E-state index in [2.05, 4.69) is 4.98 Å². The van der Waals surface area contributed by atoms with Gasteiger partial charge in [0.2, 0.25) is 0 Å². The van der Waals surface area contributed by atoms with Crippen molar-refractivity contribution in [3.05, 3.63) is 22.2 Å². The highest BCUT2D eigenvalue weighted by Crippen LogP contribution is 2.23. The molecule has 3 N–H and O–H groups in total. The van der Waals surface area contributed by atoms with Crippen molar-refractivity contribution in [3.63, 3.8) is 0 Å². The van der Waals surface area contributed by atoms with Crippen LogP contribution in [0.15, 0.2) is 18.2 Å². The van der Waals surface area contributed by atoms with Gasteiger partial charge in [0.1, 0.15) is 0 Å². The first-order chi connectivity index (χ1) is 6.94. The Morgan fingerprint density at radius 2 is 2.20 bits per heavy atom. The van der Waals surface area contributed by atoms with Crippen LogP contribution in [-0.2, 0) is 10.3 Å². The molecule has 1 heterocycles. The summed E-state index contributed by atoms with van der Waals surface area (Å²) in [6.07, 6.45) is 0. The summed E-state index contributed by atoms with van der Waals surface area (Å²) < 4.78 is 33.2. The predicted molar refractivity (Wildman–Crippen MR) is 62.2 cm³/mol. The van der Waals surface area contributed by atoms with E-state index in [4.69, 9.17) is 16.8 Å². The van der Waals surface area contributed by atoms with E-state index >= 15 is 0 Å². The lowest BCUT2D eigenvalue weighted by Gasteiger charge is -2.01. The molecule has 0 saturated heterocycles. The van der Waals surface area contributed by atoms with Crippen LogP contribution in [0, 0.1) is 3.95 Å². The first-order valence-electron chi connectivity index (χ1n) is 3.82. The van der Waals surface area contributed by atoms with E-state index in [9.17, 15) is 8.42 Å². The highest BCUT2D eigenvalue weighted by atomic mass is 32.2. The fraction of sp³-hybridized carbons (Fsp3) is 0. The third-order valence-corrected chi connectivity index (χ3v) is 3.37. The number of aromatic amines is 1. The molecular formula is C7H6N2O3S3. The third kappa shape index (κ3) is 2.53. The van der Waals surface area contributed by atoms with Gasteiger partial charge in [-0.3, -0.25) is 9.27 Å². The summed E-state index contributed by atoms with van der Waals surface area (Å²) in [5.41, 5.74) is 1.02. The Kier molecular flexibility index (Phi) is 2.51. The number of nitrogens with one attached hydrogen (secondary N) is 2. The zero-order valence-corrected chi connectivity index (χ0v) is 9.67. The standard InChI is InChI=1S/C7H6N2O3S3/c10-15(11,12)9-4-1-2-6-5(3-4)8-7(13)14-6/h1-3,9H,(H,8,13)(H,10,11,12). The van der Waals surface area contributed by atoms with E-state index in [0.717, 1.165) is 10.2 Å². The SMILES string of the molecule is O=S(=O)(O)Nc1ccc2sc(=S)[nH]c2c1. The number of benzene rings is 1. The number of thiazole rings is 1. The van der Waals surface area contributed by atoms with Gasteiger partial charge in [-0.15, -0.1) is 11.3 Å². The Morgan fingerprint density at radius 1 is 1.47 bits per heavy atom. The lowest BCUT2D eigenvalue weighted by atomic mass is 10.3. The molecule has 0 spiro atoms. The lowest BCUT2D eigenvalue weighted by molar-refractivity contribution is 0.490. The fourth-order valence-electron chi connectivity index (χ4n) is 1.16. The minimum Gasteiger partial charge on any atom is -0.337 e. The second kappa shape index (κ2) is 3.56. The van der Waals surface area contributed by atoms with E-state index in [-0.39, 0.29) is 5.69 Å². The van der Waals surface area contributed by atoms with E-state index in [1.54, 1.807) is 18.2 Å². The molecule has 1 aromatic carbocycles. The molecule has 0 radical (unpaired) electrons. The Bertz CT molecular complexity index is 655. The molecular weight excluding hydrogens is 256 g/mol. The van der Waals surface area contributed by atoms with Crippen molar-refractivity contribution in [2.75, 3.05) is 4.72 Å². The smallest absolute Gasteiger partial charge is 0.337 e. The average Bonchev–Trinajstić information content (AvgIpc) is 2.40. The van der Waals surface area contributed by atoms with Crippen LogP contribution in [-0.4, -0.2) is 18.0 Å². The Hall–Kier alpha value is -0.960. The maximum Gasteiger partial charge on any atom is 0.357 e. The zero-order valence-electron chi connectivity index (χ0n) is 7.22. The quantitative estimate of drug-likeness (QED) is 0.572. The number of hydrogen-bond acceptors (Lipinski definition) is 4. The highest BCUT2D eigenvalue weighted by Gasteiger charge is 2.05. The van der Waals surface area contributed by atoms with Crippen molar-refractivity contribution in [3.8, 4) is 0 Å². The monoisotopic (exact) mass is 262 g/mol. The van der Waals surface area contributed by atoms with Crippen LogP contribution in [0.3, 0.4) is 0 Å². The van der Waals surface area contributed by atoms with Crippen LogP contribution in [0.2, 0.25) is 0 Å². The molecule has 5 nitrogen and oxygen atoms in total. The molecule has 0 aliphatic carbocycles. The molecule has 0 saturated carbocycles. The second-order valence-electron chi connectivity index (χ2n) is 2.80. The predicted octanol–water partition coefficient (Wildman–Crippen LogP) is 2.17. The molecule has 1 aromatic heterocycles. The van der Waals surface area contributed by atoms with Crippen LogP contribution in [0.4, 0.5) is 5.69 Å². The highest BCUT2D eigenvalue weighted by molar-refractivity contribution is 7.87. The van der Waals surface area contributed by atoms with Crippen LogP contribution in [0.5, 0.6) is 0 Å². The van der Waals surface area contributed by atoms with Gasteiger partial charge in [-0.25, -0.2) is 0 Å². The number of H-pyrrole nitrogens is 1. The van der Waals surface area contributed by atoms with Gasteiger partial charge in [0.05, 0.1) is 15.9 Å². The number of hydrogen-bond donors (Lipinski definition) is 3. The van der Waals surface area contributed by atoms with Crippen molar-refractivity contribution in [2.24, 2.45) is 0 Å². The van der Waals surface area contributed by atoms with Crippen molar-refractivity contribution in [2.45, 2.75) is 0 Å². The molecule has 8 heteroatoms. The van der Waals surface area contributed by atoms with Crippen LogP contribution < -0.4 is 4.72 Å². The molecule has 2 aromatic rings. The van der Waals surface area contributed by atoms with E-state index in [1.807, 2.05) is 4.72 Å². The van der Waals surface area contributed by atoms with Gasteiger partial charge in [0, 0.05) is 0 Å². The summed E-state index contributed by atoms with van der Waals surface area (Å²) >= 11 is 6.34. The normalized spacial score (nSPS) is 11.8. The molecule has 0 aliphatic heterocycles. The summed E-state index contributed by atoms with van der Waals surface area (Å²) in [4.78, 5) is 2.90. The maximum absolute atomic E-state index is 10.6. The van der Waals surface area contributed by atoms with E-state index in [0.29, 0.717) is 3.95 Å². The molecule has 0 amide bonds. The molecule has 0 atom stereocenters. The van der Waals surface area contributed by atoms with Gasteiger partial charge >= 0.3 is 10.3 Å². The maximum atomic E-state index is 10.6. The van der Waals surface area contributed by atoms with Crippen LogP contribution >= 0.6 is 23.6 Å². The lowest BCUT2D eigenvalue weighted by Crippen LogP contribution is -2.09. The topological polar surface area (TPSA) is 82.2 Å². The first-order valence-corrected chi connectivity index (χ1v) is 6.49. The minimum absolute atomic E-state index is 0.286. The van der Waals surface area contributed by atoms with E-state index < -0.39 is 10.3 Å². The van der Waals surface area contributed by atoms with Crippen molar-refractivity contribution >= 4 is 49.8 Å². The summed E-state index contributed by atoms with van der Waals surface area (Å²) in [5, 5.41) is 0. The number of aromatic nitrogens is 1. The molecule has 0 bridgehead atoms. The molecule has 0 fully saturated rings. The third-order valence-electron chi connectivity index (χ3n) is 1.67. The van der Waals surface area contributed by atoms with Gasteiger partial charge in [-0.2, -0.15) is 8.42 Å². The molecule has 0 aliphatic rings. The van der Waals surface area contributed by atoms with Gasteiger partial charge in [0.15, 0.2) is 3.95 Å². The average molecular weight is 262 g/mol. The van der Waals surface area contributed by atoms with Crippen molar-refractivity contribution < 1.29 is 13.0 Å². The Balaban J connectivity index is 2.51. The zero-order chi connectivity index (χ0) is 11.1. The number of anilines is 1. The summed E-state index contributed by atoms with van der Waals surface area (Å²) in [5.74, 6) is 0. The van der Waals surface area contributed by atoms with E-state index in [1.165, 1.54) is 11.3 Å². The summed E-state index contributed by atoms with van der Waals surface area (Å²) in [6, 6.07) is 4.84. The molecule has 2 rings (SSSR count). The summed E-state index contributed by atoms with van der Waals surface area (Å²) in [7, 11) is -4.23.